The first-order valence-corrected chi connectivity index (χ1v) is 7.22. The van der Waals surface area contributed by atoms with Crippen LogP contribution < -0.4 is 0 Å². The molecule has 0 aliphatic carbocycles. The maximum absolute atomic E-state index is 12.1. The van der Waals surface area contributed by atoms with Crippen molar-refractivity contribution < 1.29 is 19.4 Å². The van der Waals surface area contributed by atoms with Crippen LogP contribution in [0.3, 0.4) is 0 Å². The van der Waals surface area contributed by atoms with Gasteiger partial charge in [-0.1, -0.05) is 28.1 Å². The number of carboxylic acids is 1. The highest BCUT2D eigenvalue weighted by Gasteiger charge is 2.28. The minimum absolute atomic E-state index is 0.0255. The Morgan fingerprint density at radius 2 is 2.05 bits per heavy atom. The Hall–Kier alpha value is -1.40. The number of hydrogen-bond acceptors (Lipinski definition) is 3. The van der Waals surface area contributed by atoms with Gasteiger partial charge in [0.1, 0.15) is 0 Å². The summed E-state index contributed by atoms with van der Waals surface area (Å²) < 4.78 is 6.10. The van der Waals surface area contributed by atoms with Gasteiger partial charge in [-0.05, 0) is 24.1 Å². The number of amides is 1. The Morgan fingerprint density at radius 3 is 2.70 bits per heavy atom. The van der Waals surface area contributed by atoms with Crippen LogP contribution in [-0.4, -0.2) is 47.7 Å². The molecule has 108 valence electrons. The number of morpholine rings is 1. The zero-order chi connectivity index (χ0) is 14.5. The molecule has 2 rings (SSSR count). The molecule has 1 unspecified atom stereocenters. The lowest BCUT2D eigenvalue weighted by atomic mass is 10.1. The van der Waals surface area contributed by atoms with E-state index in [2.05, 4.69) is 15.9 Å². The van der Waals surface area contributed by atoms with E-state index >= 15 is 0 Å². The van der Waals surface area contributed by atoms with E-state index in [1.807, 2.05) is 24.3 Å². The molecule has 1 aliphatic heterocycles. The number of rotatable bonds is 4. The van der Waals surface area contributed by atoms with Crippen LogP contribution in [0, 0.1) is 0 Å². The zero-order valence-electron chi connectivity index (χ0n) is 10.9. The van der Waals surface area contributed by atoms with Crippen LogP contribution in [0.5, 0.6) is 0 Å². The molecule has 1 amide bonds. The summed E-state index contributed by atoms with van der Waals surface area (Å²) >= 11 is 3.36. The molecular weight excluding hydrogens is 326 g/mol. The predicted molar refractivity (Wildman–Crippen MR) is 76.4 cm³/mol. The topological polar surface area (TPSA) is 66.8 Å². The Balaban J connectivity index is 1.85. The van der Waals surface area contributed by atoms with E-state index in [1.54, 1.807) is 4.90 Å². The van der Waals surface area contributed by atoms with Crippen molar-refractivity contribution in [2.45, 2.75) is 18.9 Å². The normalized spacial score (nSPS) is 18.9. The summed E-state index contributed by atoms with van der Waals surface area (Å²) in [5.41, 5.74) is 1.09. The van der Waals surface area contributed by atoms with E-state index in [0.29, 0.717) is 19.4 Å². The summed E-state index contributed by atoms with van der Waals surface area (Å²) in [7, 11) is 0. The summed E-state index contributed by atoms with van der Waals surface area (Å²) in [6.45, 7) is 0.873. The molecule has 1 aromatic rings. The van der Waals surface area contributed by atoms with Crippen molar-refractivity contribution in [2.75, 3.05) is 19.7 Å². The number of aryl methyl sites for hydroxylation is 1. The highest BCUT2D eigenvalue weighted by atomic mass is 79.9. The van der Waals surface area contributed by atoms with Crippen molar-refractivity contribution in [1.29, 1.82) is 0 Å². The van der Waals surface area contributed by atoms with Gasteiger partial charge in [0.05, 0.1) is 13.2 Å². The number of halogens is 1. The molecule has 0 radical (unpaired) electrons. The molecule has 20 heavy (non-hydrogen) atoms. The van der Waals surface area contributed by atoms with Crippen molar-refractivity contribution in [1.82, 2.24) is 4.90 Å². The first-order valence-electron chi connectivity index (χ1n) is 6.43. The van der Waals surface area contributed by atoms with Gasteiger partial charge in [-0.2, -0.15) is 0 Å². The molecule has 6 heteroatoms. The lowest BCUT2D eigenvalue weighted by Gasteiger charge is -2.30. The highest BCUT2D eigenvalue weighted by molar-refractivity contribution is 9.10. The third-order valence-corrected chi connectivity index (χ3v) is 3.76. The van der Waals surface area contributed by atoms with E-state index < -0.39 is 12.1 Å². The number of aliphatic carboxylic acids is 1. The molecule has 1 N–H and O–H groups in total. The SMILES string of the molecule is O=C(O)C1CN(C(=O)CCc2ccc(Br)cc2)CCO1. The molecule has 0 saturated carbocycles. The minimum Gasteiger partial charge on any atom is -0.479 e. The van der Waals surface area contributed by atoms with E-state index in [0.717, 1.165) is 10.0 Å². The van der Waals surface area contributed by atoms with Gasteiger partial charge in [-0.15, -0.1) is 0 Å². The Bertz CT molecular complexity index is 488. The second kappa shape index (κ2) is 6.85. The molecule has 0 bridgehead atoms. The molecule has 1 saturated heterocycles. The number of carbonyl (C=O) groups is 2. The van der Waals surface area contributed by atoms with Gasteiger partial charge in [0, 0.05) is 17.4 Å². The van der Waals surface area contributed by atoms with Crippen LogP contribution in [0.2, 0.25) is 0 Å². The van der Waals surface area contributed by atoms with Gasteiger partial charge in [0.25, 0.3) is 0 Å². The second-order valence-electron chi connectivity index (χ2n) is 4.66. The van der Waals surface area contributed by atoms with Crippen LogP contribution >= 0.6 is 15.9 Å². The van der Waals surface area contributed by atoms with Gasteiger partial charge < -0.3 is 14.7 Å². The zero-order valence-corrected chi connectivity index (χ0v) is 12.5. The lowest BCUT2D eigenvalue weighted by molar-refractivity contribution is -0.159. The summed E-state index contributed by atoms with van der Waals surface area (Å²) in [5.74, 6) is -1.04. The third kappa shape index (κ3) is 4.05. The van der Waals surface area contributed by atoms with Crippen LogP contribution in [0.25, 0.3) is 0 Å². The van der Waals surface area contributed by atoms with Crippen LogP contribution in [0.4, 0.5) is 0 Å². The van der Waals surface area contributed by atoms with Gasteiger partial charge >= 0.3 is 5.97 Å². The number of hydrogen-bond donors (Lipinski definition) is 1. The summed E-state index contributed by atoms with van der Waals surface area (Å²) in [6.07, 6.45) is 0.134. The quantitative estimate of drug-likeness (QED) is 0.904. The number of ether oxygens (including phenoxy) is 1. The highest BCUT2D eigenvalue weighted by Crippen LogP contribution is 2.13. The number of benzene rings is 1. The third-order valence-electron chi connectivity index (χ3n) is 3.24. The second-order valence-corrected chi connectivity index (χ2v) is 5.58. The fourth-order valence-corrected chi connectivity index (χ4v) is 2.35. The van der Waals surface area contributed by atoms with Crippen molar-refractivity contribution in [3.63, 3.8) is 0 Å². The Labute approximate surface area is 125 Å². The van der Waals surface area contributed by atoms with E-state index in [-0.39, 0.29) is 19.1 Å². The lowest BCUT2D eigenvalue weighted by Crippen LogP contribution is -2.48. The fraction of sp³-hybridized carbons (Fsp3) is 0.429. The molecule has 1 fully saturated rings. The maximum atomic E-state index is 12.1. The van der Waals surface area contributed by atoms with Crippen LogP contribution in [-0.2, 0) is 20.7 Å². The first kappa shape index (κ1) is 15.0. The van der Waals surface area contributed by atoms with Gasteiger partial charge in [-0.3, -0.25) is 4.79 Å². The van der Waals surface area contributed by atoms with Crippen molar-refractivity contribution in [3.8, 4) is 0 Å². The van der Waals surface area contributed by atoms with Crippen molar-refractivity contribution in [2.24, 2.45) is 0 Å². The molecule has 1 atom stereocenters. The summed E-state index contributed by atoms with van der Waals surface area (Å²) in [6, 6.07) is 7.82. The minimum atomic E-state index is -1.02. The fourth-order valence-electron chi connectivity index (χ4n) is 2.09. The largest absolute Gasteiger partial charge is 0.479 e. The first-order chi connectivity index (χ1) is 9.56. The smallest absolute Gasteiger partial charge is 0.334 e. The number of carboxylic acid groups (broad SMARTS) is 1. The van der Waals surface area contributed by atoms with Crippen LogP contribution in [0.15, 0.2) is 28.7 Å². The standard InChI is InChI=1S/C14H16BrNO4/c15-11-4-1-10(2-5-11)3-6-13(17)16-7-8-20-12(9-16)14(18)19/h1-2,4-5,12H,3,6-9H2,(H,18,19). The summed E-state index contributed by atoms with van der Waals surface area (Å²) in [5, 5.41) is 8.90. The van der Waals surface area contributed by atoms with Crippen LogP contribution in [0.1, 0.15) is 12.0 Å². The molecule has 1 heterocycles. The number of nitrogens with zero attached hydrogens (tertiary/aromatic N) is 1. The monoisotopic (exact) mass is 341 g/mol. The Morgan fingerprint density at radius 1 is 1.35 bits per heavy atom. The average molecular weight is 342 g/mol. The summed E-state index contributed by atoms with van der Waals surface area (Å²) in [4.78, 5) is 24.5. The van der Waals surface area contributed by atoms with Gasteiger partial charge in [0.15, 0.2) is 6.10 Å². The number of carbonyl (C=O) groups excluding carboxylic acids is 1. The maximum Gasteiger partial charge on any atom is 0.334 e. The van der Waals surface area contributed by atoms with Crippen molar-refractivity contribution >= 4 is 27.8 Å². The molecule has 1 aliphatic rings. The van der Waals surface area contributed by atoms with Gasteiger partial charge in [-0.25, -0.2) is 4.79 Å². The van der Waals surface area contributed by atoms with E-state index in [1.165, 1.54) is 0 Å². The van der Waals surface area contributed by atoms with E-state index in [4.69, 9.17) is 9.84 Å². The average Bonchev–Trinajstić information content (AvgIpc) is 2.46. The predicted octanol–water partition coefficient (Wildman–Crippen LogP) is 1.69. The molecule has 0 spiro atoms. The van der Waals surface area contributed by atoms with Gasteiger partial charge in [0.2, 0.25) is 5.91 Å². The molecule has 0 aromatic heterocycles. The van der Waals surface area contributed by atoms with Crippen molar-refractivity contribution in [3.05, 3.63) is 34.3 Å². The van der Waals surface area contributed by atoms with E-state index in [9.17, 15) is 9.59 Å². The molecule has 1 aromatic carbocycles. The molecule has 5 nitrogen and oxygen atoms in total. The Kier molecular flexibility index (Phi) is 5.14. The molecular formula is C14H16BrNO4.